The van der Waals surface area contributed by atoms with E-state index in [9.17, 15) is 0 Å². The highest BCUT2D eigenvalue weighted by molar-refractivity contribution is 4.88. The van der Waals surface area contributed by atoms with Gasteiger partial charge >= 0.3 is 0 Å². The van der Waals surface area contributed by atoms with Crippen molar-refractivity contribution in [2.75, 3.05) is 39.3 Å². The van der Waals surface area contributed by atoms with E-state index in [1.807, 2.05) is 0 Å². The fraction of sp³-hybridized carbons (Fsp3) is 1.00. The molecule has 3 heteroatoms. The van der Waals surface area contributed by atoms with Crippen LogP contribution in [-0.2, 0) is 0 Å². The number of nitrogens with two attached hydrogens (primary N) is 1. The Morgan fingerprint density at radius 2 is 1.64 bits per heavy atom. The zero-order valence-corrected chi connectivity index (χ0v) is 9.12. The number of hydrogen-bond acceptors (Lipinski definition) is 3. The van der Waals surface area contributed by atoms with Gasteiger partial charge in [0.25, 0.3) is 0 Å². The second kappa shape index (κ2) is 5.10. The van der Waals surface area contributed by atoms with E-state index in [-0.39, 0.29) is 0 Å². The van der Waals surface area contributed by atoms with Gasteiger partial charge in [-0.05, 0) is 25.9 Å². The quantitative estimate of drug-likeness (QED) is 0.715. The van der Waals surface area contributed by atoms with Gasteiger partial charge in [0.15, 0.2) is 0 Å². The third-order valence-corrected chi connectivity index (χ3v) is 3.54. The Hall–Kier alpha value is -0.120. The molecule has 2 rings (SSSR count). The third kappa shape index (κ3) is 2.47. The minimum absolute atomic E-state index is 0.812. The van der Waals surface area contributed by atoms with Crippen LogP contribution in [0.2, 0.25) is 0 Å². The summed E-state index contributed by atoms with van der Waals surface area (Å²) in [5.74, 6) is 0. The van der Waals surface area contributed by atoms with Crippen LogP contribution in [0.1, 0.15) is 25.7 Å². The van der Waals surface area contributed by atoms with Crippen molar-refractivity contribution in [2.45, 2.75) is 31.7 Å². The van der Waals surface area contributed by atoms with Crippen LogP contribution in [-0.4, -0.2) is 55.1 Å². The molecule has 0 amide bonds. The molecule has 82 valence electrons. The highest BCUT2D eigenvalue weighted by Gasteiger charge is 2.30. The minimum Gasteiger partial charge on any atom is -0.329 e. The fourth-order valence-electron chi connectivity index (χ4n) is 2.60. The highest BCUT2D eigenvalue weighted by atomic mass is 15.3. The molecule has 2 heterocycles. The number of nitrogens with zero attached hydrogens (tertiary/aromatic N) is 2. The molecule has 14 heavy (non-hydrogen) atoms. The van der Waals surface area contributed by atoms with Gasteiger partial charge in [-0.3, -0.25) is 9.80 Å². The maximum atomic E-state index is 5.53. The molecule has 2 aliphatic heterocycles. The molecule has 0 saturated carbocycles. The van der Waals surface area contributed by atoms with E-state index in [0.29, 0.717) is 0 Å². The summed E-state index contributed by atoms with van der Waals surface area (Å²) in [6.07, 6.45) is 5.70. The molecule has 0 unspecified atom stereocenters. The lowest BCUT2D eigenvalue weighted by Gasteiger charge is -2.45. The Kier molecular flexibility index (Phi) is 3.79. The van der Waals surface area contributed by atoms with Crippen molar-refractivity contribution in [3.63, 3.8) is 0 Å². The van der Waals surface area contributed by atoms with Crippen molar-refractivity contribution in [3.8, 4) is 0 Å². The van der Waals surface area contributed by atoms with Gasteiger partial charge in [0.1, 0.15) is 0 Å². The van der Waals surface area contributed by atoms with E-state index in [2.05, 4.69) is 9.80 Å². The largest absolute Gasteiger partial charge is 0.329 e. The van der Waals surface area contributed by atoms with E-state index in [1.54, 1.807) is 0 Å². The van der Waals surface area contributed by atoms with Crippen LogP contribution in [0, 0.1) is 0 Å². The maximum Gasteiger partial charge on any atom is 0.0350 e. The summed E-state index contributed by atoms with van der Waals surface area (Å²) in [5, 5.41) is 0. The van der Waals surface area contributed by atoms with Crippen molar-refractivity contribution >= 4 is 0 Å². The molecule has 2 aliphatic rings. The lowest BCUT2D eigenvalue weighted by Crippen LogP contribution is -2.60. The molecular weight excluding hydrogens is 174 g/mol. The lowest BCUT2D eigenvalue weighted by molar-refractivity contribution is 0.0382. The molecule has 0 spiro atoms. The average Bonchev–Trinajstić information content (AvgIpc) is 2.38. The summed E-state index contributed by atoms with van der Waals surface area (Å²) >= 11 is 0. The summed E-state index contributed by atoms with van der Waals surface area (Å²) in [4.78, 5) is 5.16. The monoisotopic (exact) mass is 197 g/mol. The van der Waals surface area contributed by atoms with Gasteiger partial charge in [-0.2, -0.15) is 0 Å². The van der Waals surface area contributed by atoms with Crippen LogP contribution in [0.15, 0.2) is 0 Å². The molecule has 2 N–H and O–H groups in total. The molecule has 0 atom stereocenters. The smallest absolute Gasteiger partial charge is 0.0350 e. The Balaban J connectivity index is 1.69. The standard InChI is InChI=1S/C11H23N3/c12-5-8-13-9-11(10-13)14-6-3-1-2-4-7-14/h11H,1-10,12H2. The second-order valence-corrected chi connectivity index (χ2v) is 4.65. The minimum atomic E-state index is 0.812. The van der Waals surface area contributed by atoms with Gasteiger partial charge in [0.2, 0.25) is 0 Å². The predicted octanol–water partition coefficient (Wildman–Crippen LogP) is 0.505. The summed E-state index contributed by atoms with van der Waals surface area (Å²) in [5.41, 5.74) is 5.53. The second-order valence-electron chi connectivity index (χ2n) is 4.65. The van der Waals surface area contributed by atoms with E-state index in [1.165, 1.54) is 51.9 Å². The van der Waals surface area contributed by atoms with E-state index >= 15 is 0 Å². The zero-order chi connectivity index (χ0) is 9.80. The highest BCUT2D eigenvalue weighted by Crippen LogP contribution is 2.18. The van der Waals surface area contributed by atoms with E-state index in [4.69, 9.17) is 5.73 Å². The SMILES string of the molecule is NCCN1CC(N2CCCCCC2)C1. The summed E-state index contributed by atoms with van der Waals surface area (Å²) < 4.78 is 0. The van der Waals surface area contributed by atoms with E-state index in [0.717, 1.165) is 19.1 Å². The molecule has 2 fully saturated rings. The van der Waals surface area contributed by atoms with E-state index < -0.39 is 0 Å². The molecular formula is C11H23N3. The van der Waals surface area contributed by atoms with Gasteiger partial charge in [-0.1, -0.05) is 12.8 Å². The molecule has 3 nitrogen and oxygen atoms in total. The average molecular weight is 197 g/mol. The first-order valence-corrected chi connectivity index (χ1v) is 6.06. The van der Waals surface area contributed by atoms with Crippen molar-refractivity contribution in [3.05, 3.63) is 0 Å². The molecule has 0 bridgehead atoms. The zero-order valence-electron chi connectivity index (χ0n) is 9.12. The van der Waals surface area contributed by atoms with Crippen LogP contribution >= 0.6 is 0 Å². The molecule has 0 aromatic heterocycles. The third-order valence-electron chi connectivity index (χ3n) is 3.54. The Labute approximate surface area is 87.2 Å². The van der Waals surface area contributed by atoms with Gasteiger partial charge in [-0.25, -0.2) is 0 Å². The molecule has 0 aromatic rings. The van der Waals surface area contributed by atoms with Crippen LogP contribution in [0.5, 0.6) is 0 Å². The number of hydrogen-bond donors (Lipinski definition) is 1. The van der Waals surface area contributed by atoms with Crippen LogP contribution in [0.25, 0.3) is 0 Å². The first-order valence-electron chi connectivity index (χ1n) is 6.06. The van der Waals surface area contributed by atoms with Gasteiger partial charge in [-0.15, -0.1) is 0 Å². The van der Waals surface area contributed by atoms with Gasteiger partial charge < -0.3 is 5.73 Å². The van der Waals surface area contributed by atoms with Crippen LogP contribution < -0.4 is 5.73 Å². The normalized spacial score (nSPS) is 27.2. The van der Waals surface area contributed by atoms with Crippen LogP contribution in [0.4, 0.5) is 0 Å². The number of likely N-dealkylation sites (tertiary alicyclic amines) is 2. The van der Waals surface area contributed by atoms with Crippen molar-refractivity contribution in [2.24, 2.45) is 5.73 Å². The summed E-state index contributed by atoms with van der Waals surface area (Å²) in [7, 11) is 0. The fourth-order valence-corrected chi connectivity index (χ4v) is 2.60. The predicted molar refractivity (Wildman–Crippen MR) is 59.3 cm³/mol. The maximum absolute atomic E-state index is 5.53. The summed E-state index contributed by atoms with van der Waals surface area (Å²) in [6, 6.07) is 0.847. The first-order chi connectivity index (χ1) is 6.90. The topological polar surface area (TPSA) is 32.5 Å². The lowest BCUT2D eigenvalue weighted by atomic mass is 10.1. The Morgan fingerprint density at radius 3 is 2.21 bits per heavy atom. The van der Waals surface area contributed by atoms with Crippen molar-refractivity contribution in [1.29, 1.82) is 0 Å². The number of rotatable bonds is 3. The van der Waals surface area contributed by atoms with Gasteiger partial charge in [0, 0.05) is 32.2 Å². The van der Waals surface area contributed by atoms with Crippen molar-refractivity contribution in [1.82, 2.24) is 9.80 Å². The first kappa shape index (κ1) is 10.4. The van der Waals surface area contributed by atoms with Gasteiger partial charge in [0.05, 0.1) is 0 Å². The molecule has 2 saturated heterocycles. The molecule has 0 aromatic carbocycles. The molecule has 0 aliphatic carbocycles. The van der Waals surface area contributed by atoms with Crippen molar-refractivity contribution < 1.29 is 0 Å². The Bertz CT molecular complexity index is 158. The summed E-state index contributed by atoms with van der Waals surface area (Å²) in [6.45, 7) is 7.09. The molecule has 0 radical (unpaired) electrons. The van der Waals surface area contributed by atoms with Crippen LogP contribution in [0.3, 0.4) is 0 Å². The Morgan fingerprint density at radius 1 is 1.00 bits per heavy atom.